The number of alkyl halides is 1. The van der Waals surface area contributed by atoms with E-state index in [2.05, 4.69) is 20.8 Å². The van der Waals surface area contributed by atoms with Crippen LogP contribution in [-0.4, -0.2) is 27.5 Å². The standard InChI is InChI=1S/C9H13BrN2O2S/c1-12(2)11-15(13,14)9-5-3-8(7-10)4-6-9/h3-6,11H,7H2,1-2H3. The molecule has 4 nitrogen and oxygen atoms in total. The second-order valence-electron chi connectivity index (χ2n) is 3.27. The molecular weight excluding hydrogens is 280 g/mol. The quantitative estimate of drug-likeness (QED) is 0.673. The second kappa shape index (κ2) is 5.07. The molecule has 1 aromatic rings. The first-order chi connectivity index (χ1) is 6.95. The van der Waals surface area contributed by atoms with E-state index in [0.29, 0.717) is 5.33 Å². The normalized spacial score (nSPS) is 12.0. The van der Waals surface area contributed by atoms with Crippen LogP contribution in [0.5, 0.6) is 0 Å². The molecule has 0 aliphatic carbocycles. The lowest BCUT2D eigenvalue weighted by atomic mass is 10.2. The van der Waals surface area contributed by atoms with E-state index >= 15 is 0 Å². The largest absolute Gasteiger partial charge is 0.253 e. The van der Waals surface area contributed by atoms with E-state index in [0.717, 1.165) is 5.56 Å². The molecular formula is C9H13BrN2O2S. The van der Waals surface area contributed by atoms with Gasteiger partial charge in [0.05, 0.1) is 4.90 Å². The van der Waals surface area contributed by atoms with Crippen LogP contribution in [0.25, 0.3) is 0 Å². The summed E-state index contributed by atoms with van der Waals surface area (Å²) in [4.78, 5) is 2.63. The van der Waals surface area contributed by atoms with Crippen molar-refractivity contribution in [1.29, 1.82) is 0 Å². The highest BCUT2D eigenvalue weighted by Gasteiger charge is 2.13. The predicted octanol–water partition coefficient (Wildman–Crippen LogP) is 1.34. The minimum Gasteiger partial charge on any atom is -0.237 e. The van der Waals surface area contributed by atoms with Crippen molar-refractivity contribution in [1.82, 2.24) is 9.84 Å². The van der Waals surface area contributed by atoms with Gasteiger partial charge in [0.25, 0.3) is 10.0 Å². The molecule has 0 saturated carbocycles. The van der Waals surface area contributed by atoms with E-state index in [1.54, 1.807) is 38.4 Å². The van der Waals surface area contributed by atoms with Crippen molar-refractivity contribution in [2.75, 3.05) is 14.1 Å². The summed E-state index contributed by atoms with van der Waals surface area (Å²) in [5, 5.41) is 2.11. The number of rotatable bonds is 4. The number of nitrogens with one attached hydrogen (secondary N) is 1. The molecule has 0 bridgehead atoms. The lowest BCUT2D eigenvalue weighted by molar-refractivity contribution is 0.364. The Labute approximate surface area is 98.4 Å². The van der Waals surface area contributed by atoms with Crippen molar-refractivity contribution < 1.29 is 8.42 Å². The Morgan fingerprint density at radius 3 is 2.20 bits per heavy atom. The summed E-state index contributed by atoms with van der Waals surface area (Å²) >= 11 is 3.30. The molecule has 6 heteroatoms. The Bertz CT molecular complexity index is 414. The molecule has 0 radical (unpaired) electrons. The van der Waals surface area contributed by atoms with Crippen molar-refractivity contribution in [2.45, 2.75) is 10.2 Å². The fraction of sp³-hybridized carbons (Fsp3) is 0.333. The number of hydrazine groups is 1. The Hall–Kier alpha value is -0.430. The van der Waals surface area contributed by atoms with E-state index in [9.17, 15) is 8.42 Å². The Morgan fingerprint density at radius 2 is 1.80 bits per heavy atom. The van der Waals surface area contributed by atoms with Crippen molar-refractivity contribution in [3.8, 4) is 0 Å². The van der Waals surface area contributed by atoms with Crippen LogP contribution in [0.4, 0.5) is 0 Å². The fourth-order valence-corrected chi connectivity index (χ4v) is 2.51. The van der Waals surface area contributed by atoms with Crippen LogP contribution in [0.2, 0.25) is 0 Å². The third-order valence-electron chi connectivity index (χ3n) is 1.69. The molecule has 1 N–H and O–H groups in total. The van der Waals surface area contributed by atoms with E-state index < -0.39 is 10.0 Å². The fourth-order valence-electron chi connectivity index (χ4n) is 1.05. The predicted molar refractivity (Wildman–Crippen MR) is 63.1 cm³/mol. The van der Waals surface area contributed by atoms with E-state index in [-0.39, 0.29) is 4.90 Å². The van der Waals surface area contributed by atoms with Crippen LogP contribution in [0.3, 0.4) is 0 Å². The Kier molecular flexibility index (Phi) is 4.27. The molecule has 0 aliphatic rings. The zero-order chi connectivity index (χ0) is 11.5. The van der Waals surface area contributed by atoms with Crippen LogP contribution >= 0.6 is 15.9 Å². The van der Waals surface area contributed by atoms with Gasteiger partial charge in [-0.3, -0.25) is 0 Å². The molecule has 0 spiro atoms. The molecule has 0 aliphatic heterocycles. The third-order valence-corrected chi connectivity index (χ3v) is 3.84. The molecule has 0 atom stereocenters. The van der Waals surface area contributed by atoms with Gasteiger partial charge in [-0.1, -0.05) is 28.1 Å². The molecule has 0 aromatic heterocycles. The first-order valence-corrected chi connectivity index (χ1v) is 6.91. The summed E-state index contributed by atoms with van der Waals surface area (Å²) in [6.45, 7) is 0. The van der Waals surface area contributed by atoms with Crippen molar-refractivity contribution in [2.24, 2.45) is 0 Å². The zero-order valence-electron chi connectivity index (χ0n) is 8.57. The van der Waals surface area contributed by atoms with E-state index in [4.69, 9.17) is 0 Å². The van der Waals surface area contributed by atoms with Crippen LogP contribution in [0.15, 0.2) is 29.2 Å². The molecule has 0 fully saturated rings. The monoisotopic (exact) mass is 292 g/mol. The van der Waals surface area contributed by atoms with Crippen LogP contribution in [0, 0.1) is 0 Å². The minimum absolute atomic E-state index is 0.265. The molecule has 0 amide bonds. The van der Waals surface area contributed by atoms with Crippen LogP contribution in [-0.2, 0) is 15.4 Å². The van der Waals surface area contributed by atoms with Gasteiger partial charge in [0.2, 0.25) is 0 Å². The first-order valence-electron chi connectivity index (χ1n) is 4.30. The number of hydrogen-bond donors (Lipinski definition) is 1. The van der Waals surface area contributed by atoms with Gasteiger partial charge in [0.1, 0.15) is 0 Å². The van der Waals surface area contributed by atoms with Crippen molar-refractivity contribution in [3.05, 3.63) is 29.8 Å². The van der Waals surface area contributed by atoms with E-state index in [1.165, 1.54) is 5.01 Å². The number of halogens is 1. The minimum atomic E-state index is -3.42. The highest BCUT2D eigenvalue weighted by molar-refractivity contribution is 9.08. The maximum absolute atomic E-state index is 11.7. The van der Waals surface area contributed by atoms with Gasteiger partial charge in [-0.05, 0) is 17.7 Å². The molecule has 84 valence electrons. The Morgan fingerprint density at radius 1 is 1.27 bits per heavy atom. The zero-order valence-corrected chi connectivity index (χ0v) is 11.0. The molecule has 1 aromatic carbocycles. The third kappa shape index (κ3) is 3.57. The molecule has 1 rings (SSSR count). The maximum Gasteiger partial charge on any atom is 0.253 e. The summed E-state index contributed by atoms with van der Waals surface area (Å²) in [6, 6.07) is 6.72. The lowest BCUT2D eigenvalue weighted by Gasteiger charge is -2.12. The number of sulfonamides is 1. The van der Waals surface area contributed by atoms with Gasteiger partial charge < -0.3 is 0 Å². The molecule has 15 heavy (non-hydrogen) atoms. The van der Waals surface area contributed by atoms with Gasteiger partial charge in [-0.25, -0.2) is 13.4 Å². The summed E-state index contributed by atoms with van der Waals surface area (Å²) in [5.74, 6) is 0. The average molecular weight is 293 g/mol. The van der Waals surface area contributed by atoms with Gasteiger partial charge in [0.15, 0.2) is 0 Å². The SMILES string of the molecule is CN(C)NS(=O)(=O)c1ccc(CBr)cc1. The highest BCUT2D eigenvalue weighted by atomic mass is 79.9. The highest BCUT2D eigenvalue weighted by Crippen LogP contribution is 2.12. The van der Waals surface area contributed by atoms with E-state index in [1.807, 2.05) is 0 Å². The molecule has 0 saturated heterocycles. The van der Waals surface area contributed by atoms with Gasteiger partial charge in [-0.2, -0.15) is 0 Å². The molecule has 0 unspecified atom stereocenters. The number of benzene rings is 1. The lowest BCUT2D eigenvalue weighted by Crippen LogP contribution is -2.36. The van der Waals surface area contributed by atoms with Crippen LogP contribution in [0.1, 0.15) is 5.56 Å². The summed E-state index contributed by atoms with van der Waals surface area (Å²) in [7, 11) is -0.165. The van der Waals surface area contributed by atoms with Crippen LogP contribution < -0.4 is 4.83 Å². The average Bonchev–Trinajstić information content (AvgIpc) is 2.16. The Balaban J connectivity index is 2.96. The van der Waals surface area contributed by atoms with Crippen molar-refractivity contribution in [3.63, 3.8) is 0 Å². The molecule has 0 heterocycles. The second-order valence-corrected chi connectivity index (χ2v) is 5.49. The topological polar surface area (TPSA) is 49.4 Å². The summed E-state index contributed by atoms with van der Waals surface area (Å²) < 4.78 is 23.4. The van der Waals surface area contributed by atoms with Gasteiger partial charge in [0, 0.05) is 19.4 Å². The number of nitrogens with zero attached hydrogens (tertiary/aromatic N) is 1. The first kappa shape index (κ1) is 12.6. The van der Waals surface area contributed by atoms with Gasteiger partial charge >= 0.3 is 0 Å². The maximum atomic E-state index is 11.7. The number of hydrogen-bond acceptors (Lipinski definition) is 3. The van der Waals surface area contributed by atoms with Gasteiger partial charge in [-0.15, -0.1) is 4.83 Å². The summed E-state index contributed by atoms with van der Waals surface area (Å²) in [5.41, 5.74) is 1.04. The summed E-state index contributed by atoms with van der Waals surface area (Å²) in [6.07, 6.45) is 0. The smallest absolute Gasteiger partial charge is 0.237 e. The van der Waals surface area contributed by atoms with Crippen molar-refractivity contribution >= 4 is 26.0 Å².